The zero-order valence-corrected chi connectivity index (χ0v) is 11.5. The minimum atomic E-state index is 0.249. The van der Waals surface area contributed by atoms with Gasteiger partial charge in [-0.2, -0.15) is 9.97 Å². The van der Waals surface area contributed by atoms with Crippen LogP contribution in [0.1, 0.15) is 31.5 Å². The fraction of sp³-hybridized carbons (Fsp3) is 0.400. The molecule has 0 saturated heterocycles. The Hall–Kier alpha value is -2.17. The molecule has 20 heavy (non-hydrogen) atoms. The summed E-state index contributed by atoms with van der Waals surface area (Å²) in [6.45, 7) is 1.80. The van der Waals surface area contributed by atoms with Crippen LogP contribution < -0.4 is 10.5 Å². The van der Waals surface area contributed by atoms with Gasteiger partial charge in [0, 0.05) is 5.56 Å². The highest BCUT2D eigenvalue weighted by Crippen LogP contribution is 2.25. The topological polar surface area (TPSA) is 73.9 Å². The molecule has 2 N–H and O–H groups in total. The Morgan fingerprint density at radius 3 is 2.40 bits per heavy atom. The summed E-state index contributed by atoms with van der Waals surface area (Å²) < 4.78 is 5.94. The van der Waals surface area contributed by atoms with Crippen molar-refractivity contribution in [3.8, 4) is 17.1 Å². The van der Waals surface area contributed by atoms with Gasteiger partial charge >= 0.3 is 0 Å². The second kappa shape index (κ2) is 5.45. The Balaban J connectivity index is 1.78. The van der Waals surface area contributed by atoms with E-state index in [2.05, 4.69) is 15.0 Å². The summed E-state index contributed by atoms with van der Waals surface area (Å²) in [6.07, 6.45) is 5.23. The van der Waals surface area contributed by atoms with E-state index in [0.29, 0.717) is 17.8 Å². The smallest absolute Gasteiger partial charge is 0.223 e. The number of benzene rings is 1. The van der Waals surface area contributed by atoms with Crippen molar-refractivity contribution in [2.24, 2.45) is 0 Å². The molecule has 3 rings (SSSR count). The molecule has 5 nitrogen and oxygen atoms in total. The van der Waals surface area contributed by atoms with Crippen molar-refractivity contribution in [2.45, 2.75) is 38.7 Å². The zero-order chi connectivity index (χ0) is 13.9. The van der Waals surface area contributed by atoms with Crippen molar-refractivity contribution in [1.29, 1.82) is 0 Å². The Morgan fingerprint density at radius 1 is 1.05 bits per heavy atom. The standard InChI is InChI=1S/C15H18N4O/c1-10-17-14(19-15(16)18-10)11-6-8-13(9-7-11)20-12-4-2-3-5-12/h6-9,12H,2-5H2,1H3,(H2,16,17,18,19). The number of anilines is 1. The van der Waals surface area contributed by atoms with Crippen LogP contribution >= 0.6 is 0 Å². The number of nitrogen functional groups attached to an aromatic ring is 1. The molecule has 0 atom stereocenters. The Labute approximate surface area is 118 Å². The van der Waals surface area contributed by atoms with Crippen LogP contribution in [0.25, 0.3) is 11.4 Å². The second-order valence-electron chi connectivity index (χ2n) is 5.11. The maximum absolute atomic E-state index is 5.94. The molecule has 0 spiro atoms. The second-order valence-corrected chi connectivity index (χ2v) is 5.11. The van der Waals surface area contributed by atoms with Crippen molar-refractivity contribution in [1.82, 2.24) is 15.0 Å². The van der Waals surface area contributed by atoms with Crippen LogP contribution in [0.5, 0.6) is 5.75 Å². The third-order valence-corrected chi connectivity index (χ3v) is 3.48. The largest absolute Gasteiger partial charge is 0.490 e. The lowest BCUT2D eigenvalue weighted by Gasteiger charge is -2.13. The molecular weight excluding hydrogens is 252 g/mol. The Kier molecular flexibility index (Phi) is 3.50. The number of rotatable bonds is 3. The molecule has 5 heteroatoms. The first kappa shape index (κ1) is 12.8. The third-order valence-electron chi connectivity index (χ3n) is 3.48. The van der Waals surface area contributed by atoms with Crippen molar-refractivity contribution < 1.29 is 4.74 Å². The molecule has 0 amide bonds. The summed E-state index contributed by atoms with van der Waals surface area (Å²) in [4.78, 5) is 12.4. The molecule has 1 heterocycles. The maximum atomic E-state index is 5.94. The van der Waals surface area contributed by atoms with Crippen LogP contribution in [0.4, 0.5) is 5.95 Å². The van der Waals surface area contributed by atoms with Crippen molar-refractivity contribution in [3.63, 3.8) is 0 Å². The first-order valence-electron chi connectivity index (χ1n) is 6.96. The summed E-state index contributed by atoms with van der Waals surface area (Å²) in [6, 6.07) is 7.84. The van der Waals surface area contributed by atoms with Gasteiger partial charge in [0.05, 0.1) is 6.10 Å². The lowest BCUT2D eigenvalue weighted by molar-refractivity contribution is 0.210. The fourth-order valence-electron chi connectivity index (χ4n) is 2.51. The maximum Gasteiger partial charge on any atom is 0.223 e. The molecule has 1 aliphatic rings. The summed E-state index contributed by atoms with van der Waals surface area (Å²) in [5.74, 6) is 2.37. The van der Waals surface area contributed by atoms with Crippen LogP contribution in [0.15, 0.2) is 24.3 Å². The fourth-order valence-corrected chi connectivity index (χ4v) is 2.51. The Bertz CT molecular complexity index is 571. The van der Waals surface area contributed by atoms with Crippen LogP contribution in [0.2, 0.25) is 0 Å². The lowest BCUT2D eigenvalue weighted by Crippen LogP contribution is -2.10. The molecule has 0 aliphatic heterocycles. The molecule has 2 aromatic rings. The SMILES string of the molecule is Cc1nc(N)nc(-c2ccc(OC3CCCC3)cc2)n1. The average molecular weight is 270 g/mol. The van der Waals surface area contributed by atoms with Gasteiger partial charge in [-0.25, -0.2) is 4.98 Å². The lowest BCUT2D eigenvalue weighted by atomic mass is 10.2. The molecule has 1 aliphatic carbocycles. The first-order valence-corrected chi connectivity index (χ1v) is 6.96. The minimum absolute atomic E-state index is 0.249. The monoisotopic (exact) mass is 270 g/mol. The van der Waals surface area contributed by atoms with E-state index in [1.165, 1.54) is 12.8 Å². The van der Waals surface area contributed by atoms with E-state index >= 15 is 0 Å². The van der Waals surface area contributed by atoms with Crippen LogP contribution in [0.3, 0.4) is 0 Å². The molecule has 1 aromatic heterocycles. The highest BCUT2D eigenvalue weighted by Gasteiger charge is 2.16. The van der Waals surface area contributed by atoms with Crippen molar-refractivity contribution in [3.05, 3.63) is 30.1 Å². The van der Waals surface area contributed by atoms with Gasteiger partial charge in [0.25, 0.3) is 0 Å². The molecule has 1 aromatic carbocycles. The highest BCUT2D eigenvalue weighted by molar-refractivity contribution is 5.57. The first-order chi connectivity index (χ1) is 9.70. The van der Waals surface area contributed by atoms with Gasteiger partial charge < -0.3 is 10.5 Å². The third kappa shape index (κ3) is 2.87. The molecule has 1 fully saturated rings. The van der Waals surface area contributed by atoms with E-state index in [1.807, 2.05) is 24.3 Å². The van der Waals surface area contributed by atoms with Gasteiger partial charge in [-0.1, -0.05) is 0 Å². The quantitative estimate of drug-likeness (QED) is 0.928. The van der Waals surface area contributed by atoms with Gasteiger partial charge in [-0.15, -0.1) is 0 Å². The van der Waals surface area contributed by atoms with Gasteiger partial charge in [0.15, 0.2) is 5.82 Å². The predicted molar refractivity (Wildman–Crippen MR) is 77.3 cm³/mol. The summed E-state index contributed by atoms with van der Waals surface area (Å²) in [5, 5.41) is 0. The summed E-state index contributed by atoms with van der Waals surface area (Å²) in [5.41, 5.74) is 6.57. The van der Waals surface area contributed by atoms with E-state index in [-0.39, 0.29) is 5.95 Å². The van der Waals surface area contributed by atoms with Crippen LogP contribution in [-0.4, -0.2) is 21.1 Å². The van der Waals surface area contributed by atoms with Crippen molar-refractivity contribution >= 4 is 5.95 Å². The number of aryl methyl sites for hydroxylation is 1. The van der Waals surface area contributed by atoms with E-state index < -0.39 is 0 Å². The number of ether oxygens (including phenoxy) is 1. The Morgan fingerprint density at radius 2 is 1.75 bits per heavy atom. The molecule has 104 valence electrons. The zero-order valence-electron chi connectivity index (χ0n) is 11.5. The van der Waals surface area contributed by atoms with Crippen LogP contribution in [-0.2, 0) is 0 Å². The van der Waals surface area contributed by atoms with E-state index in [9.17, 15) is 0 Å². The number of nitrogens with zero attached hydrogens (tertiary/aromatic N) is 3. The van der Waals surface area contributed by atoms with Gasteiger partial charge in [-0.05, 0) is 56.9 Å². The molecular formula is C15H18N4O. The number of aromatic nitrogens is 3. The van der Waals surface area contributed by atoms with Crippen LogP contribution in [0, 0.1) is 6.92 Å². The number of nitrogens with two attached hydrogens (primary N) is 1. The van der Waals surface area contributed by atoms with E-state index in [1.54, 1.807) is 6.92 Å². The van der Waals surface area contributed by atoms with Gasteiger partial charge in [0.2, 0.25) is 5.95 Å². The van der Waals surface area contributed by atoms with Crippen molar-refractivity contribution in [2.75, 3.05) is 5.73 Å². The van der Waals surface area contributed by atoms with Gasteiger partial charge in [-0.3, -0.25) is 0 Å². The van der Waals surface area contributed by atoms with E-state index in [0.717, 1.165) is 24.2 Å². The molecule has 0 unspecified atom stereocenters. The summed E-state index contributed by atoms with van der Waals surface area (Å²) >= 11 is 0. The molecule has 1 saturated carbocycles. The van der Waals surface area contributed by atoms with E-state index in [4.69, 9.17) is 10.5 Å². The minimum Gasteiger partial charge on any atom is -0.490 e. The average Bonchev–Trinajstić information content (AvgIpc) is 2.91. The number of hydrogen-bond acceptors (Lipinski definition) is 5. The number of hydrogen-bond donors (Lipinski definition) is 1. The highest BCUT2D eigenvalue weighted by atomic mass is 16.5. The normalized spacial score (nSPS) is 15.4. The molecule has 0 radical (unpaired) electrons. The predicted octanol–water partition coefficient (Wildman–Crippen LogP) is 2.75. The summed E-state index contributed by atoms with van der Waals surface area (Å²) in [7, 11) is 0. The van der Waals surface area contributed by atoms with Gasteiger partial charge in [0.1, 0.15) is 11.6 Å². The molecule has 0 bridgehead atoms.